The van der Waals surface area contributed by atoms with Gasteiger partial charge < -0.3 is 4.90 Å². The van der Waals surface area contributed by atoms with Crippen molar-refractivity contribution >= 4 is 22.9 Å². The zero-order chi connectivity index (χ0) is 22.0. The number of carbonyl (C=O) groups excluding carboxylic acids is 1. The van der Waals surface area contributed by atoms with Crippen molar-refractivity contribution < 1.29 is 9.63 Å². The van der Waals surface area contributed by atoms with E-state index in [0.717, 1.165) is 54.4 Å². The monoisotopic (exact) mass is 442 g/mol. The van der Waals surface area contributed by atoms with Crippen molar-refractivity contribution in [2.24, 2.45) is 11.3 Å². The van der Waals surface area contributed by atoms with Crippen molar-refractivity contribution in [2.75, 3.05) is 32.1 Å². The second-order valence-electron chi connectivity index (χ2n) is 9.71. The highest BCUT2D eigenvalue weighted by Gasteiger charge is 2.31. The molecule has 6 nitrogen and oxygen atoms in total. The van der Waals surface area contributed by atoms with Gasteiger partial charge >= 0.3 is 0 Å². The van der Waals surface area contributed by atoms with Crippen LogP contribution in [0.1, 0.15) is 63.3 Å². The summed E-state index contributed by atoms with van der Waals surface area (Å²) in [7, 11) is 3.22. The average molecular weight is 443 g/mol. The Kier molecular flexibility index (Phi) is 6.63. The van der Waals surface area contributed by atoms with Crippen molar-refractivity contribution in [2.45, 2.75) is 58.3 Å². The molecule has 0 unspecified atom stereocenters. The van der Waals surface area contributed by atoms with Crippen LogP contribution in [0.2, 0.25) is 0 Å². The van der Waals surface area contributed by atoms with Crippen LogP contribution >= 0.6 is 11.3 Å². The summed E-state index contributed by atoms with van der Waals surface area (Å²) in [6.45, 7) is 6.98. The molecule has 1 aliphatic carbocycles. The topological polar surface area (TPSA) is 58.6 Å². The maximum atomic E-state index is 12.3. The maximum absolute atomic E-state index is 12.3. The molecule has 2 aliphatic rings. The Labute approximate surface area is 189 Å². The summed E-state index contributed by atoms with van der Waals surface area (Å²) in [5.41, 5.74) is 2.90. The smallest absolute Gasteiger partial charge is 0.248 e. The van der Waals surface area contributed by atoms with Crippen LogP contribution in [0.5, 0.6) is 0 Å². The summed E-state index contributed by atoms with van der Waals surface area (Å²) in [5.74, 6) is 0.539. The number of hydrogen-bond acceptors (Lipinski definition) is 6. The molecule has 1 aromatic carbocycles. The summed E-state index contributed by atoms with van der Waals surface area (Å²) >= 11 is 1.70. The molecule has 1 saturated heterocycles. The molecule has 0 spiro atoms. The van der Waals surface area contributed by atoms with Crippen LogP contribution < -0.4 is 4.90 Å². The van der Waals surface area contributed by atoms with Crippen LogP contribution in [0.4, 0.5) is 5.69 Å². The van der Waals surface area contributed by atoms with E-state index < -0.39 is 0 Å². The number of piperidine rings is 1. The predicted octanol–water partition coefficient (Wildman–Crippen LogP) is 5.13. The lowest BCUT2D eigenvalue weighted by molar-refractivity contribution is -0.174. The number of benzene rings is 1. The van der Waals surface area contributed by atoms with Crippen LogP contribution in [0.25, 0.3) is 10.6 Å². The van der Waals surface area contributed by atoms with Crippen LogP contribution in [0.15, 0.2) is 24.3 Å². The number of amides is 1. The van der Waals surface area contributed by atoms with Gasteiger partial charge in [-0.2, -0.15) is 0 Å². The van der Waals surface area contributed by atoms with Gasteiger partial charge in [-0.1, -0.05) is 25.2 Å². The van der Waals surface area contributed by atoms with Gasteiger partial charge in [0.2, 0.25) is 5.91 Å². The van der Waals surface area contributed by atoms with Gasteiger partial charge in [-0.15, -0.1) is 10.2 Å². The summed E-state index contributed by atoms with van der Waals surface area (Å²) in [6.07, 6.45) is 6.20. The van der Waals surface area contributed by atoms with Crippen molar-refractivity contribution in [3.63, 3.8) is 0 Å². The van der Waals surface area contributed by atoms with E-state index >= 15 is 0 Å². The van der Waals surface area contributed by atoms with Gasteiger partial charge in [0.1, 0.15) is 10.0 Å². The molecule has 2 heterocycles. The van der Waals surface area contributed by atoms with E-state index in [0.29, 0.717) is 11.3 Å². The van der Waals surface area contributed by atoms with Crippen LogP contribution in [0, 0.1) is 11.3 Å². The molecular weight excluding hydrogens is 408 g/mol. The molecule has 0 radical (unpaired) electrons. The van der Waals surface area contributed by atoms with Crippen molar-refractivity contribution in [3.8, 4) is 10.6 Å². The number of anilines is 1. The van der Waals surface area contributed by atoms with Crippen LogP contribution in [0.3, 0.4) is 0 Å². The third-order valence-electron chi connectivity index (χ3n) is 7.05. The standard InChI is InChI=1S/C24H34N4O2S/c1-24(2)13-15-28(16-14-24)20-11-9-18(10-12-20)22-26-25-21(31-22)17-5-7-19(8-6-17)23(29)27(3)30-4/h9-12,17,19H,5-8,13-16H2,1-4H3/t17-,19-. The normalized spacial score (nSPS) is 23.5. The second-order valence-corrected chi connectivity index (χ2v) is 10.7. The first-order valence-corrected chi connectivity index (χ1v) is 12.2. The lowest BCUT2D eigenvalue weighted by Crippen LogP contribution is -2.37. The first-order valence-electron chi connectivity index (χ1n) is 11.4. The number of aromatic nitrogens is 2. The number of hydroxylamine groups is 2. The molecule has 2 aromatic rings. The predicted molar refractivity (Wildman–Crippen MR) is 125 cm³/mol. The molecule has 0 bridgehead atoms. The minimum atomic E-state index is 0.0569. The van der Waals surface area contributed by atoms with Gasteiger partial charge in [0.25, 0.3) is 0 Å². The maximum Gasteiger partial charge on any atom is 0.248 e. The summed E-state index contributed by atoms with van der Waals surface area (Å²) in [6, 6.07) is 8.79. The number of hydrogen-bond donors (Lipinski definition) is 0. The first-order chi connectivity index (χ1) is 14.9. The molecule has 1 saturated carbocycles. The van der Waals surface area contributed by atoms with E-state index in [1.807, 2.05) is 0 Å². The second kappa shape index (κ2) is 9.25. The third-order valence-corrected chi connectivity index (χ3v) is 8.18. The Bertz CT molecular complexity index is 877. The van der Waals surface area contributed by atoms with E-state index in [-0.39, 0.29) is 11.8 Å². The lowest BCUT2D eigenvalue weighted by atomic mass is 9.82. The Morgan fingerprint density at radius 2 is 1.74 bits per heavy atom. The molecule has 168 valence electrons. The van der Waals surface area contributed by atoms with E-state index in [1.165, 1.54) is 30.7 Å². The van der Waals surface area contributed by atoms with Gasteiger partial charge in [0, 0.05) is 43.2 Å². The Morgan fingerprint density at radius 1 is 1.10 bits per heavy atom. The van der Waals surface area contributed by atoms with E-state index in [2.05, 4.69) is 53.2 Å². The lowest BCUT2D eigenvalue weighted by Gasteiger charge is -2.38. The Morgan fingerprint density at radius 3 is 2.35 bits per heavy atom. The highest BCUT2D eigenvalue weighted by Crippen LogP contribution is 2.39. The van der Waals surface area contributed by atoms with E-state index in [9.17, 15) is 4.79 Å². The Balaban J connectivity index is 1.35. The zero-order valence-corrected chi connectivity index (χ0v) is 20.0. The Hall–Kier alpha value is -1.99. The van der Waals surface area contributed by atoms with Crippen LogP contribution in [-0.2, 0) is 9.63 Å². The summed E-state index contributed by atoms with van der Waals surface area (Å²) < 4.78 is 0. The minimum Gasteiger partial charge on any atom is -0.371 e. The van der Waals surface area contributed by atoms with Crippen molar-refractivity contribution in [1.82, 2.24) is 15.3 Å². The molecule has 31 heavy (non-hydrogen) atoms. The molecule has 0 atom stereocenters. The van der Waals surface area contributed by atoms with Gasteiger partial charge in [0.15, 0.2) is 0 Å². The van der Waals surface area contributed by atoms with Gasteiger partial charge in [-0.05, 0) is 68.2 Å². The highest BCUT2D eigenvalue weighted by atomic mass is 32.1. The molecule has 4 rings (SSSR count). The van der Waals surface area contributed by atoms with Crippen LogP contribution in [-0.4, -0.2) is 48.4 Å². The number of carbonyl (C=O) groups is 1. The third kappa shape index (κ3) is 5.09. The molecule has 2 fully saturated rings. The zero-order valence-electron chi connectivity index (χ0n) is 19.1. The SMILES string of the molecule is CON(C)C(=O)[C@H]1CC[C@H](c2nnc(-c3ccc(N4CCC(C)(C)CC4)cc3)s2)CC1. The average Bonchev–Trinajstić information content (AvgIpc) is 3.28. The largest absolute Gasteiger partial charge is 0.371 e. The van der Waals surface area contributed by atoms with E-state index in [4.69, 9.17) is 4.84 Å². The fraction of sp³-hybridized carbons (Fsp3) is 0.625. The van der Waals surface area contributed by atoms with Crippen molar-refractivity contribution in [1.29, 1.82) is 0 Å². The molecule has 1 amide bonds. The number of rotatable bonds is 5. The first kappa shape index (κ1) is 22.2. The van der Waals surface area contributed by atoms with Gasteiger partial charge in [0.05, 0.1) is 7.11 Å². The quantitative estimate of drug-likeness (QED) is 0.601. The fourth-order valence-corrected chi connectivity index (χ4v) is 5.65. The molecule has 1 aromatic heterocycles. The minimum absolute atomic E-state index is 0.0569. The van der Waals surface area contributed by atoms with Crippen molar-refractivity contribution in [3.05, 3.63) is 29.3 Å². The summed E-state index contributed by atoms with van der Waals surface area (Å²) in [4.78, 5) is 19.8. The molecule has 7 heteroatoms. The fourth-order valence-electron chi connectivity index (χ4n) is 4.64. The van der Waals surface area contributed by atoms with Gasteiger partial charge in [-0.3, -0.25) is 9.63 Å². The molecule has 1 aliphatic heterocycles. The highest BCUT2D eigenvalue weighted by molar-refractivity contribution is 7.14. The molecule has 0 N–H and O–H groups in total. The van der Waals surface area contributed by atoms with Gasteiger partial charge in [-0.25, -0.2) is 5.06 Å². The van der Waals surface area contributed by atoms with E-state index in [1.54, 1.807) is 18.4 Å². The summed E-state index contributed by atoms with van der Waals surface area (Å²) in [5, 5.41) is 12.4. The molecular formula is C24H34N4O2S. The number of nitrogens with zero attached hydrogens (tertiary/aromatic N) is 4.